The van der Waals surface area contributed by atoms with Gasteiger partial charge >= 0.3 is 0 Å². The monoisotopic (exact) mass is 227 g/mol. The molecule has 0 amide bonds. The van der Waals surface area contributed by atoms with Crippen molar-refractivity contribution in [1.29, 1.82) is 0 Å². The van der Waals surface area contributed by atoms with Gasteiger partial charge in [-0.2, -0.15) is 0 Å². The smallest absolute Gasteiger partial charge is 0.166 e. The fourth-order valence-electron chi connectivity index (χ4n) is 2.10. The lowest BCUT2D eigenvalue weighted by Gasteiger charge is -2.32. The van der Waals surface area contributed by atoms with Crippen LogP contribution in [0, 0.1) is 0 Å². The number of rotatable bonds is 3. The van der Waals surface area contributed by atoms with Crippen molar-refractivity contribution < 1.29 is 0 Å². The van der Waals surface area contributed by atoms with E-state index >= 15 is 0 Å². The highest BCUT2D eigenvalue weighted by Gasteiger charge is 2.24. The molecule has 0 aromatic rings. The predicted molar refractivity (Wildman–Crippen MR) is 67.0 cm³/mol. The van der Waals surface area contributed by atoms with Crippen LogP contribution < -0.4 is 10.6 Å². The van der Waals surface area contributed by atoms with Crippen molar-refractivity contribution in [2.45, 2.75) is 44.7 Å². The second-order valence-electron chi connectivity index (χ2n) is 4.62. The molecule has 0 aromatic carbocycles. The lowest BCUT2D eigenvalue weighted by molar-refractivity contribution is 0.210. The maximum Gasteiger partial charge on any atom is 0.166 e. The fraction of sp³-hybridized carbons (Fsp3) is 0.909. The average molecular weight is 227 g/mol. The molecule has 0 aromatic heterocycles. The minimum Gasteiger partial charge on any atom is -0.360 e. The SMILES string of the molecule is CCN1CCCC(NC(=S)NC2CC2)C1. The van der Waals surface area contributed by atoms with E-state index in [4.69, 9.17) is 12.2 Å². The molecule has 1 saturated carbocycles. The van der Waals surface area contributed by atoms with Crippen molar-refractivity contribution in [2.75, 3.05) is 19.6 Å². The number of likely N-dealkylation sites (tertiary alicyclic amines) is 1. The van der Waals surface area contributed by atoms with Crippen LogP contribution in [0.15, 0.2) is 0 Å². The minimum absolute atomic E-state index is 0.553. The highest BCUT2D eigenvalue weighted by molar-refractivity contribution is 7.80. The first-order chi connectivity index (χ1) is 7.28. The third-order valence-electron chi connectivity index (χ3n) is 3.20. The average Bonchev–Trinajstić information content (AvgIpc) is 3.02. The van der Waals surface area contributed by atoms with Crippen LogP contribution in [0.25, 0.3) is 0 Å². The topological polar surface area (TPSA) is 27.3 Å². The maximum absolute atomic E-state index is 5.29. The zero-order valence-corrected chi connectivity index (χ0v) is 10.3. The van der Waals surface area contributed by atoms with E-state index in [0.717, 1.165) is 18.2 Å². The molecule has 1 aliphatic heterocycles. The Bertz CT molecular complexity index is 228. The largest absolute Gasteiger partial charge is 0.360 e. The molecule has 1 atom stereocenters. The van der Waals surface area contributed by atoms with Crippen LogP contribution in [0.1, 0.15) is 32.6 Å². The van der Waals surface area contributed by atoms with Gasteiger partial charge in [0.25, 0.3) is 0 Å². The summed E-state index contributed by atoms with van der Waals surface area (Å²) < 4.78 is 0. The number of hydrogen-bond donors (Lipinski definition) is 2. The summed E-state index contributed by atoms with van der Waals surface area (Å²) in [6, 6.07) is 1.22. The zero-order valence-electron chi connectivity index (χ0n) is 9.46. The normalized spacial score (nSPS) is 27.4. The summed E-state index contributed by atoms with van der Waals surface area (Å²) in [5.74, 6) is 0. The van der Waals surface area contributed by atoms with Crippen LogP contribution in [0.2, 0.25) is 0 Å². The van der Waals surface area contributed by atoms with Gasteiger partial charge in [-0.15, -0.1) is 0 Å². The van der Waals surface area contributed by atoms with Gasteiger partial charge in [-0.05, 0) is 51.0 Å². The van der Waals surface area contributed by atoms with Crippen molar-refractivity contribution in [3.8, 4) is 0 Å². The van der Waals surface area contributed by atoms with Crippen LogP contribution in [-0.4, -0.2) is 41.7 Å². The second-order valence-corrected chi connectivity index (χ2v) is 5.03. The molecule has 15 heavy (non-hydrogen) atoms. The van der Waals surface area contributed by atoms with E-state index in [-0.39, 0.29) is 0 Å². The van der Waals surface area contributed by atoms with Crippen molar-refractivity contribution >= 4 is 17.3 Å². The van der Waals surface area contributed by atoms with Crippen molar-refractivity contribution in [1.82, 2.24) is 15.5 Å². The number of nitrogens with one attached hydrogen (secondary N) is 2. The quantitative estimate of drug-likeness (QED) is 0.706. The first-order valence-electron chi connectivity index (χ1n) is 6.07. The van der Waals surface area contributed by atoms with E-state index in [9.17, 15) is 0 Å². The summed E-state index contributed by atoms with van der Waals surface area (Å²) in [6.07, 6.45) is 5.11. The first kappa shape index (κ1) is 11.1. The number of hydrogen-bond acceptors (Lipinski definition) is 2. The molecule has 1 saturated heterocycles. The molecular weight excluding hydrogens is 206 g/mol. The third kappa shape index (κ3) is 3.61. The van der Waals surface area contributed by atoms with Crippen LogP contribution in [-0.2, 0) is 0 Å². The number of nitrogens with zero attached hydrogens (tertiary/aromatic N) is 1. The molecule has 2 N–H and O–H groups in total. The molecule has 2 rings (SSSR count). The highest BCUT2D eigenvalue weighted by Crippen LogP contribution is 2.18. The number of likely N-dealkylation sites (N-methyl/N-ethyl adjacent to an activating group) is 1. The summed E-state index contributed by atoms with van der Waals surface area (Å²) in [5.41, 5.74) is 0. The van der Waals surface area contributed by atoms with E-state index in [1.807, 2.05) is 0 Å². The van der Waals surface area contributed by atoms with Crippen LogP contribution in [0.4, 0.5) is 0 Å². The summed E-state index contributed by atoms with van der Waals surface area (Å²) in [7, 11) is 0. The van der Waals surface area contributed by atoms with Gasteiger partial charge in [0, 0.05) is 18.6 Å². The van der Waals surface area contributed by atoms with Crippen molar-refractivity contribution in [2.24, 2.45) is 0 Å². The van der Waals surface area contributed by atoms with Crippen LogP contribution >= 0.6 is 12.2 Å². The maximum atomic E-state index is 5.29. The summed E-state index contributed by atoms with van der Waals surface area (Å²) in [4.78, 5) is 2.49. The Morgan fingerprint density at radius 2 is 2.00 bits per heavy atom. The Kier molecular flexibility index (Phi) is 3.81. The molecule has 3 nitrogen and oxygen atoms in total. The molecular formula is C11H21N3S. The lowest BCUT2D eigenvalue weighted by Crippen LogP contribution is -2.50. The van der Waals surface area contributed by atoms with E-state index in [1.165, 1.54) is 32.2 Å². The molecule has 0 spiro atoms. The molecule has 86 valence electrons. The van der Waals surface area contributed by atoms with E-state index in [0.29, 0.717) is 12.1 Å². The van der Waals surface area contributed by atoms with Gasteiger partial charge in [0.15, 0.2) is 5.11 Å². The predicted octanol–water partition coefficient (Wildman–Crippen LogP) is 1.10. The Morgan fingerprint density at radius 1 is 1.27 bits per heavy atom. The summed E-state index contributed by atoms with van der Waals surface area (Å²) >= 11 is 5.29. The standard InChI is InChI=1S/C11H21N3S/c1-2-14-7-3-4-10(8-14)13-11(15)12-9-5-6-9/h9-10H,2-8H2,1H3,(H2,12,13,15). The molecule has 0 radical (unpaired) electrons. The fourth-order valence-corrected chi connectivity index (χ4v) is 2.43. The molecule has 0 bridgehead atoms. The molecule has 1 unspecified atom stereocenters. The van der Waals surface area contributed by atoms with E-state index in [1.54, 1.807) is 0 Å². The van der Waals surface area contributed by atoms with Gasteiger partial charge in [-0.1, -0.05) is 6.92 Å². The highest BCUT2D eigenvalue weighted by atomic mass is 32.1. The Labute approximate surface area is 97.6 Å². The van der Waals surface area contributed by atoms with Gasteiger partial charge in [-0.3, -0.25) is 0 Å². The molecule has 1 heterocycles. The Morgan fingerprint density at radius 3 is 2.67 bits per heavy atom. The van der Waals surface area contributed by atoms with E-state index in [2.05, 4.69) is 22.5 Å². The number of piperidine rings is 1. The van der Waals surface area contributed by atoms with E-state index < -0.39 is 0 Å². The van der Waals surface area contributed by atoms with Gasteiger partial charge in [0.05, 0.1) is 0 Å². The lowest BCUT2D eigenvalue weighted by atomic mass is 10.1. The van der Waals surface area contributed by atoms with Crippen molar-refractivity contribution in [3.63, 3.8) is 0 Å². The Hall–Kier alpha value is -0.350. The van der Waals surface area contributed by atoms with Gasteiger partial charge in [0.2, 0.25) is 0 Å². The summed E-state index contributed by atoms with van der Waals surface area (Å²) in [6.45, 7) is 5.77. The van der Waals surface area contributed by atoms with Crippen LogP contribution in [0.5, 0.6) is 0 Å². The third-order valence-corrected chi connectivity index (χ3v) is 3.44. The Balaban J connectivity index is 1.70. The van der Waals surface area contributed by atoms with Gasteiger partial charge in [-0.25, -0.2) is 0 Å². The first-order valence-corrected chi connectivity index (χ1v) is 6.48. The molecule has 1 aliphatic carbocycles. The van der Waals surface area contributed by atoms with Crippen molar-refractivity contribution in [3.05, 3.63) is 0 Å². The van der Waals surface area contributed by atoms with Gasteiger partial charge in [0.1, 0.15) is 0 Å². The number of thiocarbonyl (C=S) groups is 1. The zero-order chi connectivity index (χ0) is 10.7. The summed E-state index contributed by atoms with van der Waals surface area (Å²) in [5, 5.41) is 7.63. The van der Waals surface area contributed by atoms with Gasteiger partial charge < -0.3 is 15.5 Å². The minimum atomic E-state index is 0.553. The molecule has 4 heteroatoms. The van der Waals surface area contributed by atoms with Crippen LogP contribution in [0.3, 0.4) is 0 Å². The molecule has 2 fully saturated rings. The second kappa shape index (κ2) is 5.12. The molecule has 2 aliphatic rings.